The standard InChI is InChI=1S/C15H23NO2/c1-3-8-17-9-10-18-14-11-12-6-4-5-7-13(12)15(14)16-2/h4-7,14-16H,3,8-11H2,1-2H3. The molecule has 0 saturated carbocycles. The number of nitrogens with one attached hydrogen (secondary N) is 1. The molecule has 0 amide bonds. The van der Waals surface area contributed by atoms with Crippen LogP contribution in [0.15, 0.2) is 24.3 Å². The number of likely N-dealkylation sites (N-methyl/N-ethyl adjacent to an activating group) is 1. The zero-order valence-electron chi connectivity index (χ0n) is 11.3. The van der Waals surface area contributed by atoms with Gasteiger partial charge in [-0.25, -0.2) is 0 Å². The Morgan fingerprint density at radius 2 is 2.06 bits per heavy atom. The third-order valence-corrected chi connectivity index (χ3v) is 3.40. The molecule has 0 saturated heterocycles. The number of ether oxygens (including phenoxy) is 2. The van der Waals surface area contributed by atoms with Crippen molar-refractivity contribution in [3.8, 4) is 0 Å². The van der Waals surface area contributed by atoms with Crippen molar-refractivity contribution < 1.29 is 9.47 Å². The van der Waals surface area contributed by atoms with Crippen LogP contribution in [0.3, 0.4) is 0 Å². The molecular weight excluding hydrogens is 226 g/mol. The highest BCUT2D eigenvalue weighted by Crippen LogP contribution is 2.32. The van der Waals surface area contributed by atoms with Gasteiger partial charge in [-0.1, -0.05) is 31.2 Å². The van der Waals surface area contributed by atoms with E-state index in [1.807, 2.05) is 7.05 Å². The van der Waals surface area contributed by atoms with E-state index in [4.69, 9.17) is 9.47 Å². The predicted molar refractivity (Wildman–Crippen MR) is 72.8 cm³/mol. The molecule has 1 N–H and O–H groups in total. The van der Waals surface area contributed by atoms with Crippen molar-refractivity contribution in [1.29, 1.82) is 0 Å². The first kappa shape index (κ1) is 13.5. The monoisotopic (exact) mass is 249 g/mol. The molecule has 0 aromatic heterocycles. The molecule has 0 bridgehead atoms. The lowest BCUT2D eigenvalue weighted by atomic mass is 10.1. The Hall–Kier alpha value is -0.900. The summed E-state index contributed by atoms with van der Waals surface area (Å²) < 4.78 is 11.4. The van der Waals surface area contributed by atoms with Crippen LogP contribution in [-0.2, 0) is 15.9 Å². The van der Waals surface area contributed by atoms with E-state index in [0.29, 0.717) is 19.3 Å². The van der Waals surface area contributed by atoms with E-state index in [-0.39, 0.29) is 6.10 Å². The van der Waals surface area contributed by atoms with Gasteiger partial charge < -0.3 is 14.8 Å². The SMILES string of the molecule is CCCOCCOC1Cc2ccccc2C1NC. The molecule has 0 radical (unpaired) electrons. The Kier molecular flexibility index (Phi) is 5.17. The van der Waals surface area contributed by atoms with Gasteiger partial charge in [0.2, 0.25) is 0 Å². The molecule has 0 spiro atoms. The van der Waals surface area contributed by atoms with Crippen molar-refractivity contribution >= 4 is 0 Å². The Bertz CT molecular complexity index is 367. The summed E-state index contributed by atoms with van der Waals surface area (Å²) in [7, 11) is 2.00. The van der Waals surface area contributed by atoms with Crippen LogP contribution in [-0.4, -0.2) is 33.0 Å². The molecule has 100 valence electrons. The molecule has 3 heteroatoms. The van der Waals surface area contributed by atoms with Gasteiger partial charge in [0.05, 0.1) is 25.4 Å². The van der Waals surface area contributed by atoms with E-state index in [1.165, 1.54) is 11.1 Å². The molecule has 3 nitrogen and oxygen atoms in total. The summed E-state index contributed by atoms with van der Waals surface area (Å²) in [5.41, 5.74) is 2.77. The summed E-state index contributed by atoms with van der Waals surface area (Å²) in [6, 6.07) is 8.88. The van der Waals surface area contributed by atoms with Crippen molar-refractivity contribution in [2.75, 3.05) is 26.9 Å². The first-order valence-corrected chi connectivity index (χ1v) is 6.81. The molecule has 0 fully saturated rings. The molecule has 1 aliphatic carbocycles. The van der Waals surface area contributed by atoms with Crippen LogP contribution in [0.1, 0.15) is 30.5 Å². The number of fused-ring (bicyclic) bond motifs is 1. The Morgan fingerprint density at radius 1 is 1.22 bits per heavy atom. The molecule has 0 aliphatic heterocycles. The van der Waals surface area contributed by atoms with Gasteiger partial charge in [-0.3, -0.25) is 0 Å². The maximum Gasteiger partial charge on any atom is 0.0811 e. The van der Waals surface area contributed by atoms with Crippen LogP contribution >= 0.6 is 0 Å². The summed E-state index contributed by atoms with van der Waals surface area (Å²) in [5.74, 6) is 0. The Balaban J connectivity index is 1.84. The van der Waals surface area contributed by atoms with E-state index in [0.717, 1.165) is 19.4 Å². The second-order valence-corrected chi connectivity index (χ2v) is 4.69. The number of hydrogen-bond acceptors (Lipinski definition) is 3. The molecule has 1 aromatic rings. The third kappa shape index (κ3) is 3.10. The van der Waals surface area contributed by atoms with E-state index < -0.39 is 0 Å². The van der Waals surface area contributed by atoms with E-state index in [2.05, 4.69) is 36.5 Å². The van der Waals surface area contributed by atoms with Gasteiger partial charge in [0.15, 0.2) is 0 Å². The smallest absolute Gasteiger partial charge is 0.0811 e. The maximum atomic E-state index is 5.95. The van der Waals surface area contributed by atoms with Crippen LogP contribution in [0.5, 0.6) is 0 Å². The van der Waals surface area contributed by atoms with Crippen LogP contribution in [0.4, 0.5) is 0 Å². The van der Waals surface area contributed by atoms with Gasteiger partial charge in [0.25, 0.3) is 0 Å². The van der Waals surface area contributed by atoms with Gasteiger partial charge >= 0.3 is 0 Å². The minimum absolute atomic E-state index is 0.234. The van der Waals surface area contributed by atoms with Crippen LogP contribution in [0, 0.1) is 0 Å². The summed E-state index contributed by atoms with van der Waals surface area (Å²) >= 11 is 0. The highest BCUT2D eigenvalue weighted by Gasteiger charge is 2.31. The lowest BCUT2D eigenvalue weighted by molar-refractivity contribution is -0.00504. The lowest BCUT2D eigenvalue weighted by Crippen LogP contribution is -2.29. The molecule has 2 atom stereocenters. The van der Waals surface area contributed by atoms with Crippen LogP contribution in [0.2, 0.25) is 0 Å². The summed E-state index contributed by atoms with van der Waals surface area (Å²) in [4.78, 5) is 0. The molecule has 2 rings (SSSR count). The van der Waals surface area contributed by atoms with Gasteiger partial charge in [-0.2, -0.15) is 0 Å². The third-order valence-electron chi connectivity index (χ3n) is 3.40. The summed E-state index contributed by atoms with van der Waals surface area (Å²) in [6.45, 7) is 4.31. The van der Waals surface area contributed by atoms with Crippen LogP contribution in [0.25, 0.3) is 0 Å². The van der Waals surface area contributed by atoms with Crippen molar-refractivity contribution in [3.05, 3.63) is 35.4 Å². The number of benzene rings is 1. The first-order chi connectivity index (χ1) is 8.86. The zero-order valence-corrected chi connectivity index (χ0v) is 11.3. The van der Waals surface area contributed by atoms with Crippen molar-refractivity contribution in [1.82, 2.24) is 5.32 Å². The number of hydrogen-bond donors (Lipinski definition) is 1. The quantitative estimate of drug-likeness (QED) is 0.752. The topological polar surface area (TPSA) is 30.5 Å². The molecule has 18 heavy (non-hydrogen) atoms. The normalized spacial score (nSPS) is 22.1. The largest absolute Gasteiger partial charge is 0.379 e. The molecular formula is C15H23NO2. The second kappa shape index (κ2) is 6.88. The average Bonchev–Trinajstić information content (AvgIpc) is 2.76. The van der Waals surface area contributed by atoms with Crippen molar-refractivity contribution in [2.24, 2.45) is 0 Å². The Morgan fingerprint density at radius 3 is 2.83 bits per heavy atom. The fourth-order valence-corrected chi connectivity index (χ4v) is 2.56. The predicted octanol–water partition coefficient (Wildman–Crippen LogP) is 2.32. The fraction of sp³-hybridized carbons (Fsp3) is 0.600. The summed E-state index contributed by atoms with van der Waals surface area (Å²) in [5, 5.41) is 3.36. The molecule has 2 unspecified atom stereocenters. The van der Waals surface area contributed by atoms with Gasteiger partial charge in [-0.05, 0) is 24.6 Å². The molecule has 1 aromatic carbocycles. The maximum absolute atomic E-state index is 5.95. The van der Waals surface area contributed by atoms with Gasteiger partial charge in [-0.15, -0.1) is 0 Å². The van der Waals surface area contributed by atoms with E-state index in [9.17, 15) is 0 Å². The van der Waals surface area contributed by atoms with Crippen molar-refractivity contribution in [3.63, 3.8) is 0 Å². The van der Waals surface area contributed by atoms with E-state index >= 15 is 0 Å². The average molecular weight is 249 g/mol. The van der Waals surface area contributed by atoms with Crippen LogP contribution < -0.4 is 5.32 Å². The second-order valence-electron chi connectivity index (χ2n) is 4.69. The Labute approximate surface area is 109 Å². The van der Waals surface area contributed by atoms with Gasteiger partial charge in [0, 0.05) is 13.0 Å². The lowest BCUT2D eigenvalue weighted by Gasteiger charge is -2.20. The van der Waals surface area contributed by atoms with E-state index in [1.54, 1.807) is 0 Å². The number of rotatable bonds is 7. The highest BCUT2D eigenvalue weighted by atomic mass is 16.5. The summed E-state index contributed by atoms with van der Waals surface area (Å²) in [6.07, 6.45) is 2.29. The molecule has 1 aliphatic rings. The van der Waals surface area contributed by atoms with Crippen molar-refractivity contribution in [2.45, 2.75) is 31.9 Å². The minimum Gasteiger partial charge on any atom is -0.379 e. The fourth-order valence-electron chi connectivity index (χ4n) is 2.56. The zero-order chi connectivity index (χ0) is 12.8. The first-order valence-electron chi connectivity index (χ1n) is 6.81. The minimum atomic E-state index is 0.234. The van der Waals surface area contributed by atoms with Gasteiger partial charge in [0.1, 0.15) is 0 Å². The molecule has 0 heterocycles. The highest BCUT2D eigenvalue weighted by molar-refractivity contribution is 5.36.